The molecular formula is C14H18S. The summed E-state index contributed by atoms with van der Waals surface area (Å²) in [5.41, 5.74) is 2.93. The Morgan fingerprint density at radius 1 is 1.27 bits per heavy atom. The van der Waals surface area contributed by atoms with Crippen molar-refractivity contribution >= 4 is 16.9 Å². The Labute approximate surface area is 96.3 Å². The largest absolute Gasteiger partial charge is 0.140 e. The molecule has 0 radical (unpaired) electrons. The van der Waals surface area contributed by atoms with E-state index in [9.17, 15) is 0 Å². The maximum Gasteiger partial charge on any atom is 0.0342 e. The van der Waals surface area contributed by atoms with Crippen LogP contribution < -0.4 is 0 Å². The van der Waals surface area contributed by atoms with Crippen LogP contribution in [0.2, 0.25) is 0 Å². The van der Waals surface area contributed by atoms with Gasteiger partial charge >= 0.3 is 0 Å². The van der Waals surface area contributed by atoms with Crippen molar-refractivity contribution in [1.82, 2.24) is 0 Å². The third kappa shape index (κ3) is 2.40. The Balaban J connectivity index is 2.26. The quantitative estimate of drug-likeness (QED) is 0.655. The predicted octanol–water partition coefficient (Wildman–Crippen LogP) is 5.00. The van der Waals surface area contributed by atoms with E-state index in [0.29, 0.717) is 5.92 Å². The fourth-order valence-corrected chi connectivity index (χ4v) is 2.86. The number of hydrogen-bond donors (Lipinski definition) is 0. The second-order valence-electron chi connectivity index (χ2n) is 4.55. The van der Waals surface area contributed by atoms with Crippen LogP contribution >= 0.6 is 11.3 Å². The van der Waals surface area contributed by atoms with E-state index in [2.05, 4.69) is 45.1 Å². The molecule has 0 aliphatic heterocycles. The lowest BCUT2D eigenvalue weighted by atomic mass is 10.00. The Kier molecular flexibility index (Phi) is 3.11. The van der Waals surface area contributed by atoms with Crippen molar-refractivity contribution in [2.75, 3.05) is 0 Å². The van der Waals surface area contributed by atoms with Crippen molar-refractivity contribution in [3.05, 3.63) is 39.6 Å². The van der Waals surface area contributed by atoms with E-state index in [1.807, 2.05) is 11.3 Å². The second-order valence-corrected chi connectivity index (χ2v) is 5.66. The maximum atomic E-state index is 2.36. The number of thiophene rings is 1. The van der Waals surface area contributed by atoms with Gasteiger partial charge in [0.1, 0.15) is 0 Å². The van der Waals surface area contributed by atoms with Crippen LogP contribution in [0, 0.1) is 0 Å². The lowest BCUT2D eigenvalue weighted by Crippen LogP contribution is -1.87. The Morgan fingerprint density at radius 3 is 2.67 bits per heavy atom. The fourth-order valence-electron chi connectivity index (χ4n) is 1.84. The zero-order chi connectivity index (χ0) is 10.8. The molecule has 1 aliphatic carbocycles. The lowest BCUT2D eigenvalue weighted by Gasteiger charge is -2.08. The fraction of sp³-hybridized carbons (Fsp3) is 0.429. The van der Waals surface area contributed by atoms with E-state index in [0.717, 1.165) is 0 Å². The first kappa shape index (κ1) is 10.7. The SMILES string of the molecule is CC1=CC(c2ccc(C(C)C)s2)=CCC1. The predicted molar refractivity (Wildman–Crippen MR) is 69.4 cm³/mol. The highest BCUT2D eigenvalue weighted by atomic mass is 32.1. The molecule has 1 heteroatoms. The highest BCUT2D eigenvalue weighted by Gasteiger charge is 2.08. The van der Waals surface area contributed by atoms with Crippen molar-refractivity contribution in [2.45, 2.75) is 39.5 Å². The maximum absolute atomic E-state index is 2.36. The van der Waals surface area contributed by atoms with Crippen molar-refractivity contribution in [2.24, 2.45) is 0 Å². The van der Waals surface area contributed by atoms with Crippen LogP contribution in [-0.4, -0.2) is 0 Å². The molecule has 0 N–H and O–H groups in total. The molecule has 0 bridgehead atoms. The van der Waals surface area contributed by atoms with Gasteiger partial charge < -0.3 is 0 Å². The van der Waals surface area contributed by atoms with Gasteiger partial charge in [0.2, 0.25) is 0 Å². The molecule has 0 amide bonds. The molecule has 1 aliphatic rings. The summed E-state index contributed by atoms with van der Waals surface area (Å²) in [4.78, 5) is 2.92. The molecule has 80 valence electrons. The normalized spacial score (nSPS) is 16.5. The van der Waals surface area contributed by atoms with E-state index < -0.39 is 0 Å². The van der Waals surface area contributed by atoms with Crippen LogP contribution in [0.1, 0.15) is 49.3 Å². The molecule has 0 aromatic carbocycles. The number of allylic oxidation sites excluding steroid dienone is 4. The van der Waals surface area contributed by atoms with Gasteiger partial charge in [-0.25, -0.2) is 0 Å². The Morgan fingerprint density at radius 2 is 2.07 bits per heavy atom. The third-order valence-corrected chi connectivity index (χ3v) is 4.22. The molecule has 0 saturated carbocycles. The second kappa shape index (κ2) is 4.36. The Bertz CT molecular complexity index is 405. The molecule has 1 aromatic heterocycles. The topological polar surface area (TPSA) is 0 Å². The van der Waals surface area contributed by atoms with Gasteiger partial charge in [-0.3, -0.25) is 0 Å². The smallest absolute Gasteiger partial charge is 0.0342 e. The first-order valence-corrected chi connectivity index (χ1v) is 6.46. The molecule has 0 atom stereocenters. The molecule has 2 rings (SSSR count). The zero-order valence-electron chi connectivity index (χ0n) is 9.71. The highest BCUT2D eigenvalue weighted by Crippen LogP contribution is 2.32. The third-order valence-electron chi connectivity index (χ3n) is 2.79. The van der Waals surface area contributed by atoms with Gasteiger partial charge in [0, 0.05) is 9.75 Å². The summed E-state index contributed by atoms with van der Waals surface area (Å²) >= 11 is 1.94. The van der Waals surface area contributed by atoms with Gasteiger partial charge in [0.15, 0.2) is 0 Å². The Hall–Kier alpha value is -0.820. The molecule has 0 unspecified atom stereocenters. The molecule has 0 saturated heterocycles. The van der Waals surface area contributed by atoms with Gasteiger partial charge in [-0.05, 0) is 43.4 Å². The van der Waals surface area contributed by atoms with E-state index in [-0.39, 0.29) is 0 Å². The van der Waals surface area contributed by atoms with Gasteiger partial charge in [-0.2, -0.15) is 0 Å². The monoisotopic (exact) mass is 218 g/mol. The number of hydrogen-bond acceptors (Lipinski definition) is 1. The summed E-state index contributed by atoms with van der Waals surface area (Å²) in [6.45, 7) is 6.74. The molecule has 0 nitrogen and oxygen atoms in total. The molecule has 1 heterocycles. The first-order chi connectivity index (χ1) is 7.16. The van der Waals surface area contributed by atoms with Crippen LogP contribution in [0.4, 0.5) is 0 Å². The van der Waals surface area contributed by atoms with Crippen LogP contribution in [0.3, 0.4) is 0 Å². The summed E-state index contributed by atoms with van der Waals surface area (Å²) in [5.74, 6) is 0.651. The van der Waals surface area contributed by atoms with Gasteiger partial charge in [-0.15, -0.1) is 11.3 Å². The van der Waals surface area contributed by atoms with Crippen molar-refractivity contribution in [3.8, 4) is 0 Å². The molecule has 0 spiro atoms. The van der Waals surface area contributed by atoms with Crippen LogP contribution in [0.5, 0.6) is 0 Å². The summed E-state index contributed by atoms with van der Waals surface area (Å²) in [6.07, 6.45) is 7.13. The summed E-state index contributed by atoms with van der Waals surface area (Å²) in [6, 6.07) is 4.53. The standard InChI is InChI=1S/C14H18S/c1-10(2)13-7-8-14(15-13)12-6-4-5-11(3)9-12/h6-10H,4-5H2,1-3H3. The minimum atomic E-state index is 0.651. The summed E-state index contributed by atoms with van der Waals surface area (Å²) in [7, 11) is 0. The molecule has 15 heavy (non-hydrogen) atoms. The van der Waals surface area contributed by atoms with Crippen molar-refractivity contribution in [3.63, 3.8) is 0 Å². The summed E-state index contributed by atoms with van der Waals surface area (Å²) < 4.78 is 0. The molecule has 0 fully saturated rings. The van der Waals surface area contributed by atoms with Crippen LogP contribution in [0.25, 0.3) is 5.57 Å². The van der Waals surface area contributed by atoms with Gasteiger partial charge in [-0.1, -0.05) is 31.6 Å². The van der Waals surface area contributed by atoms with Crippen molar-refractivity contribution < 1.29 is 0 Å². The van der Waals surface area contributed by atoms with E-state index in [4.69, 9.17) is 0 Å². The minimum Gasteiger partial charge on any atom is -0.140 e. The molecule has 1 aromatic rings. The van der Waals surface area contributed by atoms with E-state index in [1.54, 1.807) is 0 Å². The minimum absolute atomic E-state index is 0.651. The zero-order valence-corrected chi connectivity index (χ0v) is 10.5. The number of rotatable bonds is 2. The van der Waals surface area contributed by atoms with E-state index >= 15 is 0 Å². The average molecular weight is 218 g/mol. The lowest BCUT2D eigenvalue weighted by molar-refractivity contribution is 0.890. The van der Waals surface area contributed by atoms with Crippen LogP contribution in [0.15, 0.2) is 29.9 Å². The molecular weight excluding hydrogens is 200 g/mol. The van der Waals surface area contributed by atoms with Crippen molar-refractivity contribution in [1.29, 1.82) is 0 Å². The summed E-state index contributed by atoms with van der Waals surface area (Å²) in [5, 5.41) is 0. The van der Waals surface area contributed by atoms with Crippen LogP contribution in [-0.2, 0) is 0 Å². The van der Waals surface area contributed by atoms with E-state index in [1.165, 1.54) is 33.7 Å². The van der Waals surface area contributed by atoms with Gasteiger partial charge in [0.25, 0.3) is 0 Å². The van der Waals surface area contributed by atoms with Gasteiger partial charge in [0.05, 0.1) is 0 Å². The average Bonchev–Trinajstić information content (AvgIpc) is 2.66. The highest BCUT2D eigenvalue weighted by molar-refractivity contribution is 7.13. The first-order valence-electron chi connectivity index (χ1n) is 5.64.